The lowest BCUT2D eigenvalue weighted by Gasteiger charge is -2.26. The molecule has 0 unspecified atom stereocenters. The number of hydrogen-bond acceptors (Lipinski definition) is 7. The van der Waals surface area contributed by atoms with Crippen LogP contribution in [0.15, 0.2) is 67.0 Å². The first-order valence-corrected chi connectivity index (χ1v) is 10.1. The van der Waals surface area contributed by atoms with E-state index in [0.717, 1.165) is 37.1 Å². The molecule has 0 amide bonds. The summed E-state index contributed by atoms with van der Waals surface area (Å²) in [4.78, 5) is 19.9. The molecule has 0 bridgehead atoms. The van der Waals surface area contributed by atoms with E-state index in [0.29, 0.717) is 0 Å². The quantitative estimate of drug-likeness (QED) is 0.408. The van der Waals surface area contributed by atoms with Gasteiger partial charge in [0.25, 0.3) is 0 Å². The number of nitrogens with one attached hydrogen (secondary N) is 2. The lowest BCUT2D eigenvalue weighted by Crippen LogP contribution is -2.27. The van der Waals surface area contributed by atoms with Gasteiger partial charge in [-0.25, -0.2) is 9.97 Å². The minimum absolute atomic E-state index is 0.140. The van der Waals surface area contributed by atoms with Gasteiger partial charge < -0.3 is 5.32 Å². The van der Waals surface area contributed by atoms with Crippen molar-refractivity contribution in [3.05, 3.63) is 77.1 Å². The van der Waals surface area contributed by atoms with Crippen LogP contribution in [0, 0.1) is 10.1 Å². The van der Waals surface area contributed by atoms with E-state index in [1.54, 1.807) is 5.01 Å². The van der Waals surface area contributed by atoms with Crippen LogP contribution in [0.1, 0.15) is 32.1 Å². The summed E-state index contributed by atoms with van der Waals surface area (Å²) in [5, 5.41) is 17.0. The summed E-state index contributed by atoms with van der Waals surface area (Å²) in [7, 11) is 0. The van der Waals surface area contributed by atoms with Crippen molar-refractivity contribution in [1.29, 1.82) is 0 Å². The van der Waals surface area contributed by atoms with Crippen LogP contribution < -0.4 is 15.8 Å². The van der Waals surface area contributed by atoms with Gasteiger partial charge >= 0.3 is 5.69 Å². The van der Waals surface area contributed by atoms with Gasteiger partial charge in [-0.3, -0.25) is 20.5 Å². The van der Waals surface area contributed by atoms with E-state index in [2.05, 4.69) is 20.7 Å². The normalized spacial score (nSPS) is 14.1. The highest BCUT2D eigenvalue weighted by atomic mass is 16.6. The van der Waals surface area contributed by atoms with Crippen molar-refractivity contribution in [3.8, 4) is 0 Å². The van der Waals surface area contributed by atoms with Crippen molar-refractivity contribution in [2.75, 3.05) is 15.8 Å². The fourth-order valence-electron chi connectivity index (χ4n) is 3.72. The van der Waals surface area contributed by atoms with Gasteiger partial charge in [-0.05, 0) is 37.1 Å². The highest BCUT2D eigenvalue weighted by Crippen LogP contribution is 2.34. The second-order valence-electron chi connectivity index (χ2n) is 7.27. The molecule has 3 aromatic rings. The number of benzene rings is 2. The molecular formula is C22H24N6O2. The molecule has 30 heavy (non-hydrogen) atoms. The molecule has 0 aliphatic heterocycles. The van der Waals surface area contributed by atoms with E-state index in [-0.39, 0.29) is 23.4 Å². The van der Waals surface area contributed by atoms with Crippen LogP contribution in [-0.2, 0) is 0 Å². The fourth-order valence-corrected chi connectivity index (χ4v) is 3.72. The zero-order valence-corrected chi connectivity index (χ0v) is 16.6. The molecule has 4 rings (SSSR count). The summed E-state index contributed by atoms with van der Waals surface area (Å²) in [6.07, 6.45) is 6.79. The Morgan fingerprint density at radius 2 is 1.43 bits per heavy atom. The maximum atomic E-state index is 12.0. The first kappa shape index (κ1) is 19.6. The molecule has 2 aromatic carbocycles. The number of aromatic nitrogens is 2. The predicted molar refractivity (Wildman–Crippen MR) is 118 cm³/mol. The molecule has 0 radical (unpaired) electrons. The zero-order valence-electron chi connectivity index (χ0n) is 16.6. The lowest BCUT2D eigenvalue weighted by atomic mass is 9.95. The summed E-state index contributed by atoms with van der Waals surface area (Å²) in [6, 6.07) is 19.4. The molecule has 8 nitrogen and oxygen atoms in total. The average molecular weight is 404 g/mol. The molecule has 1 saturated carbocycles. The standard InChI is InChI=1S/C22H24N6O2/c29-28(30)20-21(25-17-10-4-1-5-11-17)23-16-24-22(20)26-27(18-12-6-2-7-13-18)19-14-8-3-9-15-19/h2-3,6-9,12-17H,1,4-5,10-11H2,(H2,23,24,25,26). The second-order valence-corrected chi connectivity index (χ2v) is 7.27. The Morgan fingerprint density at radius 1 is 0.867 bits per heavy atom. The third-order valence-corrected chi connectivity index (χ3v) is 5.20. The Kier molecular flexibility index (Phi) is 6.03. The van der Waals surface area contributed by atoms with E-state index < -0.39 is 4.92 Å². The molecule has 2 N–H and O–H groups in total. The predicted octanol–water partition coefficient (Wildman–Crippen LogP) is 5.29. The van der Waals surface area contributed by atoms with E-state index >= 15 is 0 Å². The Morgan fingerprint density at radius 3 is 2.00 bits per heavy atom. The van der Waals surface area contributed by atoms with E-state index in [1.807, 2.05) is 60.7 Å². The van der Waals surface area contributed by atoms with Gasteiger partial charge in [-0.2, -0.15) is 0 Å². The number of hydrogen-bond donors (Lipinski definition) is 2. The summed E-state index contributed by atoms with van der Waals surface area (Å²) in [5.74, 6) is 0.395. The van der Waals surface area contributed by atoms with Crippen LogP contribution in [-0.4, -0.2) is 20.9 Å². The van der Waals surface area contributed by atoms with Crippen LogP contribution in [0.2, 0.25) is 0 Å². The maximum Gasteiger partial charge on any atom is 0.354 e. The molecule has 1 aromatic heterocycles. The highest BCUT2D eigenvalue weighted by Gasteiger charge is 2.27. The van der Waals surface area contributed by atoms with Crippen molar-refractivity contribution in [1.82, 2.24) is 9.97 Å². The van der Waals surface area contributed by atoms with Gasteiger partial charge in [0.15, 0.2) is 0 Å². The Hall–Kier alpha value is -3.68. The molecule has 1 aliphatic rings. The third kappa shape index (κ3) is 4.48. The molecule has 154 valence electrons. The Balaban J connectivity index is 1.69. The molecule has 0 atom stereocenters. The van der Waals surface area contributed by atoms with E-state index in [4.69, 9.17) is 0 Å². The minimum Gasteiger partial charge on any atom is -0.361 e. The summed E-state index contributed by atoms with van der Waals surface area (Å²) in [5.41, 5.74) is 4.65. The molecule has 1 fully saturated rings. The Labute approximate surface area is 175 Å². The SMILES string of the molecule is O=[N+]([O-])c1c(NC2CCCCC2)ncnc1NN(c1ccccc1)c1ccccc1. The van der Waals surface area contributed by atoms with Crippen LogP contribution in [0.25, 0.3) is 0 Å². The van der Waals surface area contributed by atoms with Crippen LogP contribution in [0.4, 0.5) is 28.7 Å². The van der Waals surface area contributed by atoms with Gasteiger partial charge in [-0.15, -0.1) is 0 Å². The Bertz CT molecular complexity index is 938. The van der Waals surface area contributed by atoms with Gasteiger partial charge in [0.2, 0.25) is 11.6 Å². The first-order chi connectivity index (χ1) is 14.7. The molecule has 1 heterocycles. The molecule has 8 heteroatoms. The van der Waals surface area contributed by atoms with Crippen LogP contribution in [0.3, 0.4) is 0 Å². The third-order valence-electron chi connectivity index (χ3n) is 5.20. The topological polar surface area (TPSA) is 96.2 Å². The zero-order chi connectivity index (χ0) is 20.8. The minimum atomic E-state index is -0.429. The lowest BCUT2D eigenvalue weighted by molar-refractivity contribution is -0.383. The fraction of sp³-hybridized carbons (Fsp3) is 0.273. The second kappa shape index (κ2) is 9.21. The smallest absolute Gasteiger partial charge is 0.354 e. The molecular weight excluding hydrogens is 380 g/mol. The van der Waals surface area contributed by atoms with Crippen molar-refractivity contribution >= 4 is 28.7 Å². The van der Waals surface area contributed by atoms with Gasteiger partial charge in [0, 0.05) is 6.04 Å². The number of anilines is 4. The summed E-state index contributed by atoms with van der Waals surface area (Å²) >= 11 is 0. The number of rotatable bonds is 7. The molecule has 1 aliphatic carbocycles. The summed E-state index contributed by atoms with van der Waals surface area (Å²) in [6.45, 7) is 0. The summed E-state index contributed by atoms with van der Waals surface area (Å²) < 4.78 is 0. The molecule has 0 saturated heterocycles. The van der Waals surface area contributed by atoms with E-state index in [9.17, 15) is 10.1 Å². The van der Waals surface area contributed by atoms with Crippen molar-refractivity contribution in [3.63, 3.8) is 0 Å². The number of hydrazine groups is 1. The monoisotopic (exact) mass is 404 g/mol. The van der Waals surface area contributed by atoms with Crippen molar-refractivity contribution < 1.29 is 4.92 Å². The molecule has 0 spiro atoms. The maximum absolute atomic E-state index is 12.0. The van der Waals surface area contributed by atoms with Gasteiger partial charge in [0.1, 0.15) is 6.33 Å². The van der Waals surface area contributed by atoms with Gasteiger partial charge in [0.05, 0.1) is 16.3 Å². The number of nitro groups is 1. The largest absolute Gasteiger partial charge is 0.361 e. The number of nitrogens with zero attached hydrogens (tertiary/aromatic N) is 4. The number of para-hydroxylation sites is 2. The first-order valence-electron chi connectivity index (χ1n) is 10.1. The highest BCUT2D eigenvalue weighted by molar-refractivity contribution is 5.75. The van der Waals surface area contributed by atoms with Crippen LogP contribution in [0.5, 0.6) is 0 Å². The van der Waals surface area contributed by atoms with E-state index in [1.165, 1.54) is 12.7 Å². The average Bonchev–Trinajstić information content (AvgIpc) is 2.79. The van der Waals surface area contributed by atoms with Crippen molar-refractivity contribution in [2.45, 2.75) is 38.1 Å². The van der Waals surface area contributed by atoms with Gasteiger partial charge in [-0.1, -0.05) is 55.7 Å². The van der Waals surface area contributed by atoms with Crippen LogP contribution >= 0.6 is 0 Å². The van der Waals surface area contributed by atoms with Crippen molar-refractivity contribution in [2.24, 2.45) is 0 Å².